The molecule has 2 N–H and O–H groups in total. The highest BCUT2D eigenvalue weighted by Gasteiger charge is 2.13. The normalized spacial score (nSPS) is 15.5. The van der Waals surface area contributed by atoms with Crippen LogP contribution in [0, 0.1) is 0 Å². The minimum Gasteiger partial charge on any atom is -0.388 e. The Labute approximate surface area is 184 Å². The fourth-order valence-electron chi connectivity index (χ4n) is 4.24. The Kier molecular flexibility index (Phi) is 6.63. The van der Waals surface area contributed by atoms with Crippen molar-refractivity contribution in [3.63, 3.8) is 0 Å². The van der Waals surface area contributed by atoms with Gasteiger partial charge < -0.3 is 10.3 Å². The van der Waals surface area contributed by atoms with Gasteiger partial charge in [-0.2, -0.15) is 0 Å². The minimum atomic E-state index is 0.724. The largest absolute Gasteiger partial charge is 0.388 e. The first-order valence-corrected chi connectivity index (χ1v) is 11.0. The average Bonchev–Trinajstić information content (AvgIpc) is 3.45. The molecule has 0 radical (unpaired) electrons. The van der Waals surface area contributed by atoms with Crippen molar-refractivity contribution in [2.45, 2.75) is 26.2 Å². The van der Waals surface area contributed by atoms with Crippen molar-refractivity contribution in [2.24, 2.45) is 0 Å². The van der Waals surface area contributed by atoms with Gasteiger partial charge in [-0.15, -0.1) is 0 Å². The number of H-pyrrole nitrogens is 1. The molecule has 3 aromatic rings. The summed E-state index contributed by atoms with van der Waals surface area (Å²) in [5, 5.41) is 3.32. The Bertz CT molecular complexity index is 1080. The molecule has 5 heteroatoms. The number of allylic oxidation sites excluding steroid dienone is 3. The maximum absolute atomic E-state index is 4.73. The van der Waals surface area contributed by atoms with Crippen molar-refractivity contribution in [3.05, 3.63) is 84.0 Å². The van der Waals surface area contributed by atoms with Crippen LogP contribution in [0.4, 0.5) is 5.69 Å². The molecule has 1 saturated heterocycles. The smallest absolute Gasteiger partial charge is 0.111 e. The molecule has 0 atom stereocenters. The molecule has 160 valence electrons. The van der Waals surface area contributed by atoms with Crippen molar-refractivity contribution in [1.82, 2.24) is 19.9 Å². The molecule has 0 saturated carbocycles. The zero-order chi connectivity index (χ0) is 21.6. The Morgan fingerprint density at radius 1 is 1.26 bits per heavy atom. The molecule has 0 unspecified atom stereocenters. The SMILES string of the molecule is C=C/C(=C\C(=C/C)c1ccc(NC)c(Cc2nc3ccncc3[nH]2)c1)CN1CCCC1. The lowest BCUT2D eigenvalue weighted by Crippen LogP contribution is -2.21. The Morgan fingerprint density at radius 3 is 2.81 bits per heavy atom. The summed E-state index contributed by atoms with van der Waals surface area (Å²) < 4.78 is 0. The number of aromatic nitrogens is 3. The maximum atomic E-state index is 4.73. The zero-order valence-electron chi connectivity index (χ0n) is 18.5. The van der Waals surface area contributed by atoms with Crippen molar-refractivity contribution in [3.8, 4) is 0 Å². The predicted octanol–water partition coefficient (Wildman–Crippen LogP) is 5.20. The highest BCUT2D eigenvalue weighted by atomic mass is 15.1. The molecule has 0 aliphatic carbocycles. The number of likely N-dealkylation sites (tertiary alicyclic amines) is 1. The lowest BCUT2D eigenvalue weighted by atomic mass is 9.98. The molecule has 2 aromatic heterocycles. The first kappa shape index (κ1) is 21.1. The Hall–Kier alpha value is -3.18. The van der Waals surface area contributed by atoms with Crippen LogP contribution in [0.5, 0.6) is 0 Å². The summed E-state index contributed by atoms with van der Waals surface area (Å²) in [4.78, 5) is 14.8. The topological polar surface area (TPSA) is 56.8 Å². The van der Waals surface area contributed by atoms with E-state index in [9.17, 15) is 0 Å². The van der Waals surface area contributed by atoms with Crippen LogP contribution in [-0.2, 0) is 6.42 Å². The van der Waals surface area contributed by atoms with Gasteiger partial charge in [-0.05, 0) is 73.3 Å². The van der Waals surface area contributed by atoms with E-state index in [1.807, 2.05) is 25.4 Å². The van der Waals surface area contributed by atoms with Crippen molar-refractivity contribution < 1.29 is 0 Å². The Balaban J connectivity index is 1.61. The highest BCUT2D eigenvalue weighted by molar-refractivity contribution is 5.77. The summed E-state index contributed by atoms with van der Waals surface area (Å²) in [6, 6.07) is 8.53. The summed E-state index contributed by atoms with van der Waals surface area (Å²) >= 11 is 0. The average molecular weight is 414 g/mol. The lowest BCUT2D eigenvalue weighted by Gasteiger charge is -2.16. The van der Waals surface area contributed by atoms with Crippen LogP contribution in [0.25, 0.3) is 16.6 Å². The van der Waals surface area contributed by atoms with E-state index >= 15 is 0 Å². The standard InChI is InChI=1S/C26H31N5/c1-4-19(18-31-12-6-7-13-31)14-20(5-2)21-8-9-23(27-3)22(15-21)16-26-29-24-10-11-28-17-25(24)30-26/h4-5,8-11,14-15,17,27H,1,6-7,12-13,16,18H2,2-3H3,(H,29,30)/b19-14+,20-5+. The number of fused-ring (bicyclic) bond motifs is 1. The third-order valence-corrected chi connectivity index (χ3v) is 5.92. The van der Waals surface area contributed by atoms with Crippen molar-refractivity contribution in [2.75, 3.05) is 32.0 Å². The summed E-state index contributed by atoms with van der Waals surface area (Å²) in [6.45, 7) is 9.49. The van der Waals surface area contributed by atoms with Crippen LogP contribution < -0.4 is 5.32 Å². The number of pyridine rings is 1. The molecule has 1 aliphatic heterocycles. The van der Waals surface area contributed by atoms with Crippen LogP contribution in [-0.4, -0.2) is 46.5 Å². The summed E-state index contributed by atoms with van der Waals surface area (Å²) in [5.74, 6) is 0.940. The summed E-state index contributed by atoms with van der Waals surface area (Å²) in [7, 11) is 1.96. The van der Waals surface area contributed by atoms with E-state index in [-0.39, 0.29) is 0 Å². The van der Waals surface area contributed by atoms with E-state index in [4.69, 9.17) is 4.98 Å². The number of nitrogens with zero attached hydrogens (tertiary/aromatic N) is 3. The van der Waals surface area contributed by atoms with E-state index in [1.54, 1.807) is 6.20 Å². The molecule has 3 heterocycles. The molecular formula is C26H31N5. The van der Waals surface area contributed by atoms with Gasteiger partial charge in [-0.1, -0.05) is 30.9 Å². The fourth-order valence-corrected chi connectivity index (χ4v) is 4.24. The van der Waals surface area contributed by atoms with E-state index in [0.717, 1.165) is 35.5 Å². The number of hydrogen-bond acceptors (Lipinski definition) is 4. The van der Waals surface area contributed by atoms with Crippen LogP contribution in [0.15, 0.2) is 67.0 Å². The van der Waals surface area contributed by atoms with Crippen molar-refractivity contribution >= 4 is 22.3 Å². The number of rotatable bonds is 8. The monoisotopic (exact) mass is 413 g/mol. The highest BCUT2D eigenvalue weighted by Crippen LogP contribution is 2.26. The van der Waals surface area contributed by atoms with Crippen LogP contribution in [0.1, 0.15) is 36.7 Å². The molecule has 1 aromatic carbocycles. The van der Waals surface area contributed by atoms with Crippen LogP contribution >= 0.6 is 0 Å². The van der Waals surface area contributed by atoms with Crippen molar-refractivity contribution in [1.29, 1.82) is 0 Å². The third-order valence-electron chi connectivity index (χ3n) is 5.92. The van der Waals surface area contributed by atoms with Gasteiger partial charge in [0, 0.05) is 31.9 Å². The fraction of sp³-hybridized carbons (Fsp3) is 0.308. The number of nitrogens with one attached hydrogen (secondary N) is 2. The molecule has 1 fully saturated rings. The second-order valence-corrected chi connectivity index (χ2v) is 8.03. The van der Waals surface area contributed by atoms with Crippen LogP contribution in [0.3, 0.4) is 0 Å². The van der Waals surface area contributed by atoms with E-state index in [0.29, 0.717) is 0 Å². The third kappa shape index (κ3) is 4.94. The van der Waals surface area contributed by atoms with Crippen LogP contribution in [0.2, 0.25) is 0 Å². The molecule has 5 nitrogen and oxygen atoms in total. The van der Waals surface area contributed by atoms with Gasteiger partial charge in [0.15, 0.2) is 0 Å². The first-order chi connectivity index (χ1) is 15.2. The predicted molar refractivity (Wildman–Crippen MR) is 130 cm³/mol. The number of benzene rings is 1. The van der Waals surface area contributed by atoms with Gasteiger partial charge in [-0.25, -0.2) is 4.98 Å². The number of aromatic amines is 1. The first-order valence-electron chi connectivity index (χ1n) is 11.0. The molecule has 1 aliphatic rings. The Morgan fingerprint density at radius 2 is 2.10 bits per heavy atom. The minimum absolute atomic E-state index is 0.724. The van der Waals surface area contributed by atoms with E-state index < -0.39 is 0 Å². The quantitative estimate of drug-likeness (QED) is 0.498. The molecule has 0 bridgehead atoms. The second kappa shape index (κ2) is 9.75. The zero-order valence-corrected chi connectivity index (χ0v) is 18.5. The summed E-state index contributed by atoms with van der Waals surface area (Å²) in [6.07, 6.45) is 13.4. The van der Waals surface area contributed by atoms with E-state index in [1.165, 1.54) is 48.2 Å². The number of imidazole rings is 1. The van der Waals surface area contributed by atoms with Gasteiger partial charge in [0.1, 0.15) is 5.82 Å². The number of anilines is 1. The maximum Gasteiger partial charge on any atom is 0.111 e. The van der Waals surface area contributed by atoms with Gasteiger partial charge in [-0.3, -0.25) is 9.88 Å². The molecular weight excluding hydrogens is 382 g/mol. The molecule has 31 heavy (non-hydrogen) atoms. The number of hydrogen-bond donors (Lipinski definition) is 2. The van der Waals surface area contributed by atoms with Gasteiger partial charge in [0.05, 0.1) is 17.2 Å². The van der Waals surface area contributed by atoms with Gasteiger partial charge in [0.25, 0.3) is 0 Å². The molecule has 0 spiro atoms. The lowest BCUT2D eigenvalue weighted by molar-refractivity contribution is 0.371. The van der Waals surface area contributed by atoms with Gasteiger partial charge >= 0.3 is 0 Å². The summed E-state index contributed by atoms with van der Waals surface area (Å²) in [5.41, 5.74) is 7.92. The van der Waals surface area contributed by atoms with Gasteiger partial charge in [0.2, 0.25) is 0 Å². The van der Waals surface area contributed by atoms with E-state index in [2.05, 4.69) is 64.0 Å². The molecule has 4 rings (SSSR count). The second-order valence-electron chi connectivity index (χ2n) is 8.03. The molecule has 0 amide bonds.